The molecule has 1 aromatic heterocycles. The van der Waals surface area contributed by atoms with E-state index in [1.807, 2.05) is 27.7 Å². The van der Waals surface area contributed by atoms with Gasteiger partial charge in [-0.25, -0.2) is 0 Å². The van der Waals surface area contributed by atoms with Crippen molar-refractivity contribution in [1.29, 1.82) is 0 Å². The summed E-state index contributed by atoms with van der Waals surface area (Å²) in [6.07, 6.45) is 4.52. The second kappa shape index (κ2) is 5.73. The van der Waals surface area contributed by atoms with Crippen molar-refractivity contribution in [1.82, 2.24) is 9.97 Å². The lowest BCUT2D eigenvalue weighted by molar-refractivity contribution is 0.00578. The fourth-order valence-corrected chi connectivity index (χ4v) is 2.51. The minimum atomic E-state index is -0.484. The van der Waals surface area contributed by atoms with E-state index in [0.717, 1.165) is 17.7 Å². The average Bonchev–Trinajstić information content (AvgIpc) is 2.76. The van der Waals surface area contributed by atoms with Crippen LogP contribution in [0, 0.1) is 0 Å². The van der Waals surface area contributed by atoms with Crippen LogP contribution >= 0.6 is 0 Å². The minimum Gasteiger partial charge on any atom is -0.398 e. The Morgan fingerprint density at radius 2 is 1.57 bits per heavy atom. The van der Waals surface area contributed by atoms with Crippen molar-refractivity contribution >= 4 is 12.7 Å². The maximum absolute atomic E-state index is 6.05. The van der Waals surface area contributed by atoms with Crippen molar-refractivity contribution in [2.24, 2.45) is 0 Å². The van der Waals surface area contributed by atoms with Crippen LogP contribution in [0.1, 0.15) is 40.2 Å². The SMILES string of the molecule is CCc1ccc(-c2cncc(B3OC(C)(C)C(C)(C)O3)n2)cc1. The zero-order valence-electron chi connectivity index (χ0n) is 14.5. The van der Waals surface area contributed by atoms with Crippen molar-refractivity contribution in [3.05, 3.63) is 42.2 Å². The van der Waals surface area contributed by atoms with Crippen molar-refractivity contribution < 1.29 is 9.31 Å². The van der Waals surface area contributed by atoms with Gasteiger partial charge in [-0.05, 0) is 39.7 Å². The van der Waals surface area contributed by atoms with Crippen molar-refractivity contribution in [3.8, 4) is 11.3 Å². The van der Waals surface area contributed by atoms with E-state index in [9.17, 15) is 0 Å². The second-order valence-electron chi connectivity index (χ2n) is 6.97. The van der Waals surface area contributed by atoms with Crippen LogP contribution in [0.2, 0.25) is 0 Å². The summed E-state index contributed by atoms with van der Waals surface area (Å²) < 4.78 is 12.1. The number of aryl methyl sites for hydroxylation is 1. The predicted molar refractivity (Wildman–Crippen MR) is 92.6 cm³/mol. The molecule has 0 amide bonds. The van der Waals surface area contributed by atoms with Crippen molar-refractivity contribution in [2.45, 2.75) is 52.2 Å². The van der Waals surface area contributed by atoms with Crippen LogP contribution in [0.5, 0.6) is 0 Å². The van der Waals surface area contributed by atoms with E-state index in [0.29, 0.717) is 5.59 Å². The first kappa shape index (κ1) is 16.2. The molecule has 0 atom stereocenters. The van der Waals surface area contributed by atoms with Gasteiger partial charge >= 0.3 is 7.12 Å². The summed E-state index contributed by atoms with van der Waals surface area (Å²) in [7, 11) is -0.484. The van der Waals surface area contributed by atoms with E-state index in [1.54, 1.807) is 12.4 Å². The highest BCUT2D eigenvalue weighted by molar-refractivity contribution is 6.61. The Balaban J connectivity index is 1.88. The molecular weight excluding hydrogens is 287 g/mol. The Kier molecular flexibility index (Phi) is 4.02. The number of benzene rings is 1. The normalized spacial score (nSPS) is 19.1. The van der Waals surface area contributed by atoms with Crippen LogP contribution in [-0.2, 0) is 15.7 Å². The summed E-state index contributed by atoms with van der Waals surface area (Å²) in [5.41, 5.74) is 3.15. The van der Waals surface area contributed by atoms with Gasteiger partial charge in [0.1, 0.15) is 0 Å². The summed E-state index contributed by atoms with van der Waals surface area (Å²) in [5.74, 6) is 0. The van der Waals surface area contributed by atoms with Crippen LogP contribution in [0.15, 0.2) is 36.7 Å². The first-order valence-electron chi connectivity index (χ1n) is 8.09. The van der Waals surface area contributed by atoms with Gasteiger partial charge in [0, 0.05) is 11.8 Å². The van der Waals surface area contributed by atoms with Gasteiger partial charge in [0.05, 0.1) is 28.7 Å². The maximum atomic E-state index is 6.05. The lowest BCUT2D eigenvalue weighted by Gasteiger charge is -2.32. The molecule has 2 heterocycles. The molecule has 5 heteroatoms. The van der Waals surface area contributed by atoms with Gasteiger partial charge in [-0.3, -0.25) is 9.97 Å². The zero-order chi connectivity index (χ0) is 16.7. The molecule has 23 heavy (non-hydrogen) atoms. The van der Waals surface area contributed by atoms with E-state index in [-0.39, 0.29) is 11.2 Å². The molecule has 0 spiro atoms. The number of hydrogen-bond donors (Lipinski definition) is 0. The fourth-order valence-electron chi connectivity index (χ4n) is 2.51. The van der Waals surface area contributed by atoms with Crippen LogP contribution in [0.25, 0.3) is 11.3 Å². The third kappa shape index (κ3) is 3.03. The summed E-state index contributed by atoms with van der Waals surface area (Å²) in [4.78, 5) is 9.02. The van der Waals surface area contributed by atoms with Crippen LogP contribution in [0.4, 0.5) is 0 Å². The lowest BCUT2D eigenvalue weighted by Crippen LogP contribution is -2.41. The zero-order valence-corrected chi connectivity index (χ0v) is 14.5. The molecule has 1 aromatic carbocycles. The standard InChI is InChI=1S/C18H23BN2O2/c1-6-13-7-9-14(10-8-13)15-11-20-12-16(21-15)19-22-17(2,3)18(4,5)23-19/h7-12H,6H2,1-5H3. The van der Waals surface area contributed by atoms with Gasteiger partial charge in [-0.1, -0.05) is 31.2 Å². The third-order valence-corrected chi connectivity index (χ3v) is 4.81. The van der Waals surface area contributed by atoms with Crippen LogP contribution in [0.3, 0.4) is 0 Å². The first-order chi connectivity index (χ1) is 10.8. The van der Waals surface area contributed by atoms with Crippen molar-refractivity contribution in [3.63, 3.8) is 0 Å². The summed E-state index contributed by atoms with van der Waals surface area (Å²) in [6, 6.07) is 8.41. The summed E-state index contributed by atoms with van der Waals surface area (Å²) in [6.45, 7) is 10.3. The molecule has 3 rings (SSSR count). The number of rotatable bonds is 3. The van der Waals surface area contributed by atoms with E-state index >= 15 is 0 Å². The van der Waals surface area contributed by atoms with Gasteiger partial charge in [0.2, 0.25) is 0 Å². The Labute approximate surface area is 138 Å². The highest BCUT2D eigenvalue weighted by atomic mass is 16.7. The molecule has 0 unspecified atom stereocenters. The highest BCUT2D eigenvalue weighted by Gasteiger charge is 2.52. The Morgan fingerprint density at radius 3 is 2.13 bits per heavy atom. The lowest BCUT2D eigenvalue weighted by atomic mass is 9.85. The highest BCUT2D eigenvalue weighted by Crippen LogP contribution is 2.36. The molecule has 4 nitrogen and oxygen atoms in total. The third-order valence-electron chi connectivity index (χ3n) is 4.81. The smallest absolute Gasteiger partial charge is 0.398 e. The topological polar surface area (TPSA) is 44.2 Å². The summed E-state index contributed by atoms with van der Waals surface area (Å²) >= 11 is 0. The molecule has 0 bridgehead atoms. The average molecular weight is 310 g/mol. The van der Waals surface area contributed by atoms with Gasteiger partial charge in [-0.2, -0.15) is 0 Å². The largest absolute Gasteiger partial charge is 0.516 e. The second-order valence-corrected chi connectivity index (χ2v) is 6.97. The van der Waals surface area contributed by atoms with Crippen molar-refractivity contribution in [2.75, 3.05) is 0 Å². The number of nitrogens with zero attached hydrogens (tertiary/aromatic N) is 2. The minimum absolute atomic E-state index is 0.377. The molecule has 1 aliphatic rings. The molecule has 1 aliphatic heterocycles. The quantitative estimate of drug-likeness (QED) is 0.818. The van der Waals surface area contributed by atoms with E-state index < -0.39 is 7.12 Å². The molecule has 2 aromatic rings. The Hall–Kier alpha value is -1.72. The van der Waals surface area contributed by atoms with E-state index in [4.69, 9.17) is 14.3 Å². The first-order valence-corrected chi connectivity index (χ1v) is 8.09. The van der Waals surface area contributed by atoms with E-state index in [2.05, 4.69) is 36.2 Å². The fraction of sp³-hybridized carbons (Fsp3) is 0.444. The monoisotopic (exact) mass is 310 g/mol. The number of aromatic nitrogens is 2. The molecule has 120 valence electrons. The summed E-state index contributed by atoms with van der Waals surface area (Å²) in [5, 5.41) is 0. The Morgan fingerprint density at radius 1 is 0.957 bits per heavy atom. The van der Waals surface area contributed by atoms with Gasteiger partial charge in [0.25, 0.3) is 0 Å². The molecule has 1 fully saturated rings. The maximum Gasteiger partial charge on any atom is 0.516 e. The number of hydrogen-bond acceptors (Lipinski definition) is 4. The van der Waals surface area contributed by atoms with Crippen LogP contribution < -0.4 is 5.59 Å². The molecule has 1 saturated heterocycles. The van der Waals surface area contributed by atoms with Gasteiger partial charge in [-0.15, -0.1) is 0 Å². The molecular formula is C18H23BN2O2. The molecule has 0 saturated carbocycles. The molecule has 0 N–H and O–H groups in total. The van der Waals surface area contributed by atoms with Gasteiger partial charge in [0.15, 0.2) is 0 Å². The van der Waals surface area contributed by atoms with Gasteiger partial charge < -0.3 is 9.31 Å². The molecule has 0 radical (unpaired) electrons. The van der Waals surface area contributed by atoms with E-state index in [1.165, 1.54) is 5.56 Å². The molecule has 0 aliphatic carbocycles. The Bertz CT molecular complexity index is 682. The van der Waals surface area contributed by atoms with Crippen LogP contribution in [-0.4, -0.2) is 28.3 Å². The predicted octanol–water partition coefficient (Wildman–Crippen LogP) is 3.01.